The molecule has 8 nitrogen and oxygen atoms in total. The van der Waals surface area contributed by atoms with Crippen molar-refractivity contribution in [3.63, 3.8) is 0 Å². The average molecular weight is 469 g/mol. The summed E-state index contributed by atoms with van der Waals surface area (Å²) in [6.45, 7) is 2.25. The van der Waals surface area contributed by atoms with E-state index in [9.17, 15) is 18.0 Å². The molecule has 1 aliphatic heterocycles. The summed E-state index contributed by atoms with van der Waals surface area (Å²) < 4.78 is 37.1. The van der Waals surface area contributed by atoms with Crippen LogP contribution < -0.4 is 4.74 Å². The van der Waals surface area contributed by atoms with Crippen molar-refractivity contribution in [2.75, 3.05) is 26.8 Å². The summed E-state index contributed by atoms with van der Waals surface area (Å²) in [6.07, 6.45) is 1.70. The first-order valence-corrected chi connectivity index (χ1v) is 12.0. The number of hydrogen-bond acceptors (Lipinski definition) is 7. The van der Waals surface area contributed by atoms with Crippen LogP contribution in [0.4, 0.5) is 0 Å². The van der Waals surface area contributed by atoms with Crippen LogP contribution in [-0.4, -0.2) is 56.3 Å². The molecule has 1 fully saturated rings. The number of hydrogen-bond donors (Lipinski definition) is 0. The van der Waals surface area contributed by atoms with E-state index < -0.39 is 28.4 Å². The molecule has 1 aliphatic rings. The molecule has 33 heavy (non-hydrogen) atoms. The summed E-state index contributed by atoms with van der Waals surface area (Å²) in [5.41, 5.74) is 1.73. The Morgan fingerprint density at radius 3 is 2.39 bits per heavy atom. The maximum Gasteiger partial charge on any atom is 0.340 e. The fraction of sp³-hybridized carbons (Fsp3) is 0.292. The van der Waals surface area contributed by atoms with Gasteiger partial charge in [0.05, 0.1) is 28.8 Å². The molecule has 1 aromatic heterocycles. The molecule has 0 amide bonds. The quantitative estimate of drug-likeness (QED) is 0.387. The Bertz CT molecular complexity index is 1310. The van der Waals surface area contributed by atoms with Gasteiger partial charge in [-0.2, -0.15) is 4.31 Å². The van der Waals surface area contributed by atoms with Gasteiger partial charge >= 0.3 is 5.97 Å². The van der Waals surface area contributed by atoms with Crippen molar-refractivity contribution in [3.05, 3.63) is 65.4 Å². The molecule has 2 heterocycles. The lowest BCUT2D eigenvalue weighted by Crippen LogP contribution is -2.27. The number of ether oxygens (including phenoxy) is 2. The largest absolute Gasteiger partial charge is 0.497 e. The van der Waals surface area contributed by atoms with Gasteiger partial charge in [-0.3, -0.25) is 9.78 Å². The molecule has 2 aromatic carbocycles. The van der Waals surface area contributed by atoms with Gasteiger partial charge in [-0.1, -0.05) is 0 Å². The minimum atomic E-state index is -3.55. The standard InChI is InChI=1S/C24H24N2O6S/c1-16-21(14-18-13-19(31-2)7-10-22(18)25-16)24(28)32-15-23(27)17-5-8-20(9-6-17)33(29,30)26-11-3-4-12-26/h5-10,13-14H,3-4,11-12,15H2,1-2H3. The number of fused-ring (bicyclic) bond motifs is 1. The number of benzene rings is 2. The van der Waals surface area contributed by atoms with Crippen molar-refractivity contribution in [2.45, 2.75) is 24.7 Å². The zero-order chi connectivity index (χ0) is 23.6. The first-order chi connectivity index (χ1) is 15.8. The summed E-state index contributed by atoms with van der Waals surface area (Å²) in [5.74, 6) is -0.453. The third-order valence-electron chi connectivity index (χ3n) is 5.65. The van der Waals surface area contributed by atoms with Crippen molar-refractivity contribution in [2.24, 2.45) is 0 Å². The average Bonchev–Trinajstić information content (AvgIpc) is 3.37. The van der Waals surface area contributed by atoms with Gasteiger partial charge in [0, 0.05) is 24.0 Å². The minimum absolute atomic E-state index is 0.145. The van der Waals surface area contributed by atoms with Gasteiger partial charge in [0.25, 0.3) is 0 Å². The lowest BCUT2D eigenvalue weighted by molar-refractivity contribution is 0.0473. The number of Topliss-reactive ketones (excluding diaryl/α,β-unsaturated/α-hetero) is 1. The maximum atomic E-state index is 12.6. The van der Waals surface area contributed by atoms with Crippen LogP contribution in [-0.2, 0) is 14.8 Å². The molecule has 172 valence electrons. The van der Waals surface area contributed by atoms with Crippen LogP contribution in [0.15, 0.2) is 53.4 Å². The van der Waals surface area contributed by atoms with Crippen molar-refractivity contribution < 1.29 is 27.5 Å². The van der Waals surface area contributed by atoms with E-state index >= 15 is 0 Å². The number of nitrogens with zero attached hydrogens (tertiary/aromatic N) is 2. The molecule has 0 atom stereocenters. The van der Waals surface area contributed by atoms with Gasteiger partial charge in [0.1, 0.15) is 5.75 Å². The van der Waals surface area contributed by atoms with E-state index in [1.807, 2.05) is 0 Å². The lowest BCUT2D eigenvalue weighted by Gasteiger charge is -2.15. The molecule has 3 aromatic rings. The Morgan fingerprint density at radius 2 is 1.73 bits per heavy atom. The smallest absolute Gasteiger partial charge is 0.340 e. The second-order valence-electron chi connectivity index (χ2n) is 7.81. The molecule has 0 saturated carbocycles. The van der Waals surface area contributed by atoms with Crippen molar-refractivity contribution in [1.29, 1.82) is 0 Å². The van der Waals surface area contributed by atoms with Crippen LogP contribution in [0.3, 0.4) is 0 Å². The molecule has 0 radical (unpaired) electrons. The third-order valence-corrected chi connectivity index (χ3v) is 7.56. The normalized spacial score (nSPS) is 14.4. The highest BCUT2D eigenvalue weighted by Crippen LogP contribution is 2.23. The van der Waals surface area contributed by atoms with Gasteiger partial charge in [-0.15, -0.1) is 0 Å². The van der Waals surface area contributed by atoms with Crippen LogP contribution >= 0.6 is 0 Å². The third kappa shape index (κ3) is 4.74. The first-order valence-electron chi connectivity index (χ1n) is 10.6. The molecule has 4 rings (SSSR count). The predicted octanol–water partition coefficient (Wildman–Crippen LogP) is 3.38. The van der Waals surface area contributed by atoms with Gasteiger partial charge in [0.15, 0.2) is 12.4 Å². The summed E-state index contributed by atoms with van der Waals surface area (Å²) in [7, 11) is -2.00. The van der Waals surface area contributed by atoms with Gasteiger partial charge in [-0.05, 0) is 68.3 Å². The monoisotopic (exact) mass is 468 g/mol. The van der Waals surface area contributed by atoms with Gasteiger partial charge in [-0.25, -0.2) is 13.2 Å². The summed E-state index contributed by atoms with van der Waals surface area (Å²) in [5, 5.41) is 0.716. The van der Waals surface area contributed by atoms with Crippen molar-refractivity contribution in [3.8, 4) is 5.75 Å². The highest BCUT2D eigenvalue weighted by atomic mass is 32.2. The number of rotatable bonds is 7. The summed E-state index contributed by atoms with van der Waals surface area (Å²) >= 11 is 0. The number of aryl methyl sites for hydroxylation is 1. The number of pyridine rings is 1. The van der Waals surface area contributed by atoms with Gasteiger partial charge < -0.3 is 9.47 Å². The van der Waals surface area contributed by atoms with Crippen molar-refractivity contribution in [1.82, 2.24) is 9.29 Å². The fourth-order valence-corrected chi connectivity index (χ4v) is 5.28. The second kappa shape index (κ2) is 9.29. The van der Waals surface area contributed by atoms with Crippen LogP contribution in [0.1, 0.15) is 39.3 Å². The summed E-state index contributed by atoms with van der Waals surface area (Å²) in [4.78, 5) is 29.7. The zero-order valence-electron chi connectivity index (χ0n) is 18.4. The predicted molar refractivity (Wildman–Crippen MR) is 122 cm³/mol. The van der Waals surface area contributed by atoms with E-state index in [0.29, 0.717) is 35.4 Å². The number of carbonyl (C=O) groups is 2. The van der Waals surface area contributed by atoms with Crippen LogP contribution in [0.2, 0.25) is 0 Å². The van der Waals surface area contributed by atoms with E-state index in [1.54, 1.807) is 38.3 Å². The molecule has 9 heteroatoms. The van der Waals surface area contributed by atoms with Gasteiger partial charge in [0.2, 0.25) is 10.0 Å². The lowest BCUT2D eigenvalue weighted by atomic mass is 10.1. The van der Waals surface area contributed by atoms with Crippen LogP contribution in [0, 0.1) is 6.92 Å². The fourth-order valence-electron chi connectivity index (χ4n) is 3.77. The number of methoxy groups -OCH3 is 1. The minimum Gasteiger partial charge on any atom is -0.497 e. The number of sulfonamides is 1. The Balaban J connectivity index is 1.44. The van der Waals surface area contributed by atoms with E-state index in [4.69, 9.17) is 9.47 Å². The van der Waals surface area contributed by atoms with Crippen LogP contribution in [0.25, 0.3) is 10.9 Å². The Morgan fingerprint density at radius 1 is 1.03 bits per heavy atom. The highest BCUT2D eigenvalue weighted by molar-refractivity contribution is 7.89. The Hall–Kier alpha value is -3.30. The van der Waals surface area contributed by atoms with Crippen molar-refractivity contribution >= 4 is 32.7 Å². The van der Waals surface area contributed by atoms with E-state index in [0.717, 1.165) is 12.8 Å². The molecule has 0 N–H and O–H groups in total. The number of esters is 1. The maximum absolute atomic E-state index is 12.6. The summed E-state index contributed by atoms with van der Waals surface area (Å²) in [6, 6.07) is 12.7. The van der Waals surface area contributed by atoms with E-state index in [-0.39, 0.29) is 16.0 Å². The molecule has 0 bridgehead atoms. The first kappa shape index (κ1) is 22.9. The molecule has 0 aliphatic carbocycles. The SMILES string of the molecule is COc1ccc2nc(C)c(C(=O)OCC(=O)c3ccc(S(=O)(=O)N4CCCC4)cc3)cc2c1. The van der Waals surface area contributed by atoms with E-state index in [1.165, 1.54) is 28.6 Å². The second-order valence-corrected chi connectivity index (χ2v) is 9.75. The molecule has 0 spiro atoms. The van der Waals surface area contributed by atoms with E-state index in [2.05, 4.69) is 4.98 Å². The molecular weight excluding hydrogens is 444 g/mol. The zero-order valence-corrected chi connectivity index (χ0v) is 19.2. The highest BCUT2D eigenvalue weighted by Gasteiger charge is 2.27. The molecule has 1 saturated heterocycles. The number of carbonyl (C=O) groups excluding carboxylic acids is 2. The molecular formula is C24H24N2O6S. The Labute approximate surface area is 192 Å². The molecule has 0 unspecified atom stereocenters. The van der Waals surface area contributed by atoms with Crippen LogP contribution in [0.5, 0.6) is 5.75 Å². The Kier molecular flexibility index (Phi) is 6.44. The topological polar surface area (TPSA) is 103 Å². The number of ketones is 1. The number of aromatic nitrogens is 1.